The van der Waals surface area contributed by atoms with E-state index in [9.17, 15) is 4.79 Å². The summed E-state index contributed by atoms with van der Waals surface area (Å²) in [5, 5.41) is 3.24. The Morgan fingerprint density at radius 1 is 1.15 bits per heavy atom. The maximum atomic E-state index is 12.7. The quantitative estimate of drug-likeness (QED) is 0.610. The number of amides is 1. The summed E-state index contributed by atoms with van der Waals surface area (Å²) in [7, 11) is 4.28. The Hall–Kier alpha value is -0.280. The van der Waals surface area contributed by atoms with E-state index < -0.39 is 0 Å². The van der Waals surface area contributed by atoms with Crippen LogP contribution in [0.15, 0.2) is 0 Å². The summed E-state index contributed by atoms with van der Waals surface area (Å²) in [6.45, 7) is 1.86. The number of rotatable bonds is 4. The average Bonchev–Trinajstić information content (AvgIpc) is 2.54. The zero-order valence-corrected chi connectivity index (χ0v) is 13.6. The summed E-state index contributed by atoms with van der Waals surface area (Å²) in [5.74, 6) is 3.02. The van der Waals surface area contributed by atoms with Crippen LogP contribution in [0.2, 0.25) is 0 Å². The number of likely N-dealkylation sites (N-methyl/N-ethyl adjacent to an activating group) is 1. The van der Waals surface area contributed by atoms with Crippen LogP contribution in [0.3, 0.4) is 0 Å². The standard InChI is InChI=1S/C16H28N2O.ClH/c1-18(2)6-5-17-15(19)16-4-3-12-7-13(10-16)9-14(8-12)11-16;/h12-14H,3-11H2,1-2H3,(H,17,19);1H. The summed E-state index contributed by atoms with van der Waals surface area (Å²) < 4.78 is 0. The monoisotopic (exact) mass is 300 g/mol. The topological polar surface area (TPSA) is 33.5 Å². The first-order valence-corrected chi connectivity index (χ1v) is 8.15. The molecule has 4 heteroatoms. The average molecular weight is 301 g/mol. The Bertz CT molecular complexity index is 344. The number of hydrogen-bond donors (Lipinski definition) is 2. The molecule has 3 nitrogen and oxygen atoms in total. The first kappa shape index (κ1) is 16.1. The molecule has 20 heavy (non-hydrogen) atoms. The molecule has 2 N–H and O–H groups in total. The van der Waals surface area contributed by atoms with E-state index in [2.05, 4.69) is 19.4 Å². The van der Waals surface area contributed by atoms with E-state index in [1.165, 1.54) is 43.4 Å². The van der Waals surface area contributed by atoms with E-state index in [0.29, 0.717) is 5.91 Å². The molecule has 2 unspecified atom stereocenters. The maximum Gasteiger partial charge on any atom is 0.226 e. The first-order valence-electron chi connectivity index (χ1n) is 8.15. The smallest absolute Gasteiger partial charge is 0.226 e. The Labute approximate surface area is 129 Å². The zero-order chi connectivity index (χ0) is 13.5. The van der Waals surface area contributed by atoms with Gasteiger partial charge in [-0.15, -0.1) is 0 Å². The highest BCUT2D eigenvalue weighted by Gasteiger charge is 2.51. The molecule has 4 fully saturated rings. The zero-order valence-electron chi connectivity index (χ0n) is 12.9. The highest BCUT2D eigenvalue weighted by molar-refractivity contribution is 5.82. The second-order valence-corrected chi connectivity index (χ2v) is 7.75. The van der Waals surface area contributed by atoms with Gasteiger partial charge in [-0.2, -0.15) is 0 Å². The molecule has 4 aliphatic carbocycles. The maximum absolute atomic E-state index is 12.7. The molecule has 0 aliphatic heterocycles. The Kier molecular flexibility index (Phi) is 5.01. The van der Waals surface area contributed by atoms with Crippen LogP contribution in [0.25, 0.3) is 0 Å². The van der Waals surface area contributed by atoms with E-state index >= 15 is 0 Å². The van der Waals surface area contributed by atoms with Gasteiger partial charge in [0.15, 0.2) is 0 Å². The first-order chi connectivity index (χ1) is 9.07. The van der Waals surface area contributed by atoms with Crippen LogP contribution in [0.4, 0.5) is 0 Å². The summed E-state index contributed by atoms with van der Waals surface area (Å²) in [4.78, 5) is 14.1. The van der Waals surface area contributed by atoms with Gasteiger partial charge in [0.1, 0.15) is 0 Å². The number of halogens is 1. The second kappa shape index (κ2) is 6.23. The fourth-order valence-corrected chi connectivity index (χ4v) is 5.06. The van der Waals surface area contributed by atoms with Crippen molar-refractivity contribution in [2.45, 2.75) is 44.9 Å². The second-order valence-electron chi connectivity index (χ2n) is 7.75. The lowest BCUT2D eigenvalue weighted by Gasteiger charge is -2.44. The summed E-state index contributed by atoms with van der Waals surface area (Å²) in [6, 6.07) is 0. The summed E-state index contributed by atoms with van der Waals surface area (Å²) in [6.07, 6.45) is 9.06. The molecular weight excluding hydrogens is 272 g/mol. The molecule has 1 amide bonds. The van der Waals surface area contributed by atoms with Crippen LogP contribution in [0.5, 0.6) is 0 Å². The minimum Gasteiger partial charge on any atom is -1.00 e. The van der Waals surface area contributed by atoms with Gasteiger partial charge in [-0.05, 0) is 62.7 Å². The van der Waals surface area contributed by atoms with Crippen molar-refractivity contribution >= 4 is 5.91 Å². The molecular formula is C16H29ClN2O. The largest absolute Gasteiger partial charge is 1.00 e. The number of fused-ring (bicyclic) bond motifs is 1. The lowest BCUT2D eigenvalue weighted by atomic mass is 9.61. The highest BCUT2D eigenvalue weighted by atomic mass is 35.5. The molecule has 4 bridgehead atoms. The molecule has 0 aromatic carbocycles. The number of hydrogen-bond acceptors (Lipinski definition) is 1. The van der Waals surface area contributed by atoms with Crippen LogP contribution in [0, 0.1) is 23.2 Å². The minimum atomic E-state index is 0. The molecule has 4 rings (SSSR count). The molecule has 0 radical (unpaired) electrons. The Balaban J connectivity index is 0.00000147. The van der Waals surface area contributed by atoms with Crippen molar-refractivity contribution in [1.82, 2.24) is 5.32 Å². The number of quaternary nitrogens is 1. The number of nitrogens with one attached hydrogen (secondary N) is 2. The van der Waals surface area contributed by atoms with E-state index in [-0.39, 0.29) is 17.8 Å². The van der Waals surface area contributed by atoms with Crippen LogP contribution in [0.1, 0.15) is 44.9 Å². The van der Waals surface area contributed by atoms with Crippen molar-refractivity contribution in [1.29, 1.82) is 0 Å². The van der Waals surface area contributed by atoms with Gasteiger partial charge in [-0.1, -0.05) is 0 Å². The summed E-state index contributed by atoms with van der Waals surface area (Å²) in [5.41, 5.74) is 0.0144. The molecule has 4 saturated carbocycles. The molecule has 0 heterocycles. The van der Waals surface area contributed by atoms with Crippen molar-refractivity contribution in [2.24, 2.45) is 23.2 Å². The lowest BCUT2D eigenvalue weighted by Crippen LogP contribution is -3.06. The van der Waals surface area contributed by atoms with Crippen molar-refractivity contribution in [3.63, 3.8) is 0 Å². The summed E-state index contributed by atoms with van der Waals surface area (Å²) >= 11 is 0. The van der Waals surface area contributed by atoms with Crippen molar-refractivity contribution in [3.05, 3.63) is 0 Å². The SMILES string of the molecule is C[NH+](C)CCNC(=O)C12CCC3CC(CC(C3)C1)C2.[Cl-]. The molecule has 2 atom stereocenters. The predicted octanol–water partition coefficient (Wildman–Crippen LogP) is -2.14. The Morgan fingerprint density at radius 2 is 1.75 bits per heavy atom. The molecule has 116 valence electrons. The van der Waals surface area contributed by atoms with Crippen LogP contribution in [-0.2, 0) is 4.79 Å². The predicted molar refractivity (Wildman–Crippen MR) is 75.9 cm³/mol. The van der Waals surface area contributed by atoms with Crippen LogP contribution >= 0.6 is 0 Å². The van der Waals surface area contributed by atoms with Gasteiger partial charge in [0.25, 0.3) is 0 Å². The normalized spacial score (nSPS) is 38.5. The Morgan fingerprint density at radius 3 is 2.35 bits per heavy atom. The van der Waals surface area contributed by atoms with Gasteiger partial charge in [-0.25, -0.2) is 0 Å². The number of carbonyl (C=O) groups is 1. The fourth-order valence-electron chi connectivity index (χ4n) is 5.06. The fraction of sp³-hybridized carbons (Fsp3) is 0.938. The van der Waals surface area contributed by atoms with Gasteiger partial charge >= 0.3 is 0 Å². The van der Waals surface area contributed by atoms with E-state index in [0.717, 1.165) is 37.3 Å². The minimum absolute atomic E-state index is 0. The van der Waals surface area contributed by atoms with Gasteiger partial charge in [0.2, 0.25) is 5.91 Å². The van der Waals surface area contributed by atoms with Gasteiger partial charge < -0.3 is 22.6 Å². The third-order valence-corrected chi connectivity index (χ3v) is 5.78. The van der Waals surface area contributed by atoms with Crippen molar-refractivity contribution in [2.75, 3.05) is 27.2 Å². The van der Waals surface area contributed by atoms with Crippen molar-refractivity contribution < 1.29 is 22.1 Å². The molecule has 4 aliphatic rings. The van der Waals surface area contributed by atoms with Gasteiger partial charge in [0.05, 0.1) is 27.2 Å². The third-order valence-electron chi connectivity index (χ3n) is 5.78. The van der Waals surface area contributed by atoms with Gasteiger partial charge in [0, 0.05) is 5.41 Å². The van der Waals surface area contributed by atoms with E-state index in [1.54, 1.807) is 0 Å². The highest BCUT2D eigenvalue weighted by Crippen LogP contribution is 2.57. The molecule has 0 spiro atoms. The lowest BCUT2D eigenvalue weighted by molar-refractivity contribution is -0.856. The molecule has 0 aromatic heterocycles. The van der Waals surface area contributed by atoms with Gasteiger partial charge in [-0.3, -0.25) is 4.79 Å². The van der Waals surface area contributed by atoms with E-state index in [1.807, 2.05) is 0 Å². The van der Waals surface area contributed by atoms with Crippen LogP contribution in [-0.4, -0.2) is 33.1 Å². The van der Waals surface area contributed by atoms with Crippen LogP contribution < -0.4 is 22.6 Å². The molecule has 0 aromatic rings. The molecule has 0 saturated heterocycles. The van der Waals surface area contributed by atoms with E-state index in [4.69, 9.17) is 0 Å². The van der Waals surface area contributed by atoms with Crippen molar-refractivity contribution in [3.8, 4) is 0 Å². The number of carbonyl (C=O) groups excluding carboxylic acids is 1. The third kappa shape index (κ3) is 3.14.